The number of hydrogen-bond donors (Lipinski definition) is 0. The van der Waals surface area contributed by atoms with Crippen LogP contribution in [-0.4, -0.2) is 29.9 Å². The first kappa shape index (κ1) is 16.1. The maximum atomic E-state index is 6.27. The number of imidazole rings is 1. The Balaban J connectivity index is 2.25. The van der Waals surface area contributed by atoms with Crippen LogP contribution in [0.5, 0.6) is 5.75 Å². The molecule has 0 radical (unpaired) electrons. The molecule has 1 unspecified atom stereocenters. The van der Waals surface area contributed by atoms with E-state index in [1.807, 2.05) is 25.1 Å². The Labute approximate surface area is 131 Å². The van der Waals surface area contributed by atoms with Crippen molar-refractivity contribution in [2.24, 2.45) is 0 Å². The van der Waals surface area contributed by atoms with Crippen LogP contribution in [0.25, 0.3) is 11.0 Å². The van der Waals surface area contributed by atoms with Crippen molar-refractivity contribution in [1.29, 1.82) is 0 Å². The molecule has 0 aliphatic heterocycles. The van der Waals surface area contributed by atoms with Gasteiger partial charge in [0.25, 0.3) is 0 Å². The highest BCUT2D eigenvalue weighted by molar-refractivity contribution is 6.20. The molecule has 1 atom stereocenters. The number of methoxy groups -OCH3 is 1. The van der Waals surface area contributed by atoms with E-state index >= 15 is 0 Å². The smallest absolute Gasteiger partial charge is 0.146 e. The molecule has 1 aromatic heterocycles. The summed E-state index contributed by atoms with van der Waals surface area (Å²) < 4.78 is 13.2. The second kappa shape index (κ2) is 7.66. The first-order chi connectivity index (χ1) is 10.2. The second-order valence-corrected chi connectivity index (χ2v) is 5.69. The van der Waals surface area contributed by atoms with Crippen molar-refractivity contribution in [3.8, 4) is 5.75 Å². The lowest BCUT2D eigenvalue weighted by atomic mass is 10.3. The molecule has 2 rings (SSSR count). The zero-order valence-electron chi connectivity index (χ0n) is 12.9. The maximum Gasteiger partial charge on any atom is 0.146 e. The van der Waals surface area contributed by atoms with Gasteiger partial charge in [-0.05, 0) is 25.5 Å². The molecule has 0 amide bonds. The Morgan fingerprint density at radius 1 is 1.33 bits per heavy atom. The van der Waals surface area contributed by atoms with Gasteiger partial charge in [0.2, 0.25) is 0 Å². The van der Waals surface area contributed by atoms with Crippen LogP contribution in [0, 0.1) is 0 Å². The van der Waals surface area contributed by atoms with Gasteiger partial charge in [-0.15, -0.1) is 11.6 Å². The molecule has 0 fully saturated rings. The van der Waals surface area contributed by atoms with E-state index in [4.69, 9.17) is 21.1 Å². The third-order valence-electron chi connectivity index (χ3n) is 3.45. The van der Waals surface area contributed by atoms with Crippen LogP contribution >= 0.6 is 11.6 Å². The number of nitrogens with zero attached hydrogens (tertiary/aromatic N) is 2. The van der Waals surface area contributed by atoms with Crippen LogP contribution in [0.4, 0.5) is 0 Å². The summed E-state index contributed by atoms with van der Waals surface area (Å²) >= 11 is 6.27. The minimum Gasteiger partial charge on any atom is -0.494 e. The molecule has 4 nitrogen and oxygen atoms in total. The summed E-state index contributed by atoms with van der Waals surface area (Å²) in [6.07, 6.45) is 2.24. The average Bonchev–Trinajstić information content (AvgIpc) is 2.86. The number of fused-ring (bicyclic) bond motifs is 1. The first-order valence-electron chi connectivity index (χ1n) is 7.44. The number of rotatable bonds is 8. The van der Waals surface area contributed by atoms with E-state index in [9.17, 15) is 0 Å². The topological polar surface area (TPSA) is 36.3 Å². The summed E-state index contributed by atoms with van der Waals surface area (Å²) in [4.78, 5) is 4.65. The quantitative estimate of drug-likeness (QED) is 0.542. The number of aromatic nitrogens is 2. The number of halogens is 1. The third-order valence-corrected chi connectivity index (χ3v) is 3.64. The lowest BCUT2D eigenvalue weighted by molar-refractivity contribution is 0.123. The van der Waals surface area contributed by atoms with Crippen molar-refractivity contribution in [2.45, 2.75) is 38.6 Å². The van der Waals surface area contributed by atoms with Gasteiger partial charge in [0.05, 0.1) is 24.6 Å². The Hall–Kier alpha value is -1.26. The van der Waals surface area contributed by atoms with Gasteiger partial charge in [-0.25, -0.2) is 4.98 Å². The molecule has 0 aliphatic rings. The van der Waals surface area contributed by atoms with Crippen LogP contribution in [0.2, 0.25) is 0 Å². The third kappa shape index (κ3) is 3.69. The van der Waals surface area contributed by atoms with E-state index < -0.39 is 0 Å². The van der Waals surface area contributed by atoms with Gasteiger partial charge in [0.15, 0.2) is 0 Å². The fraction of sp³-hybridized carbons (Fsp3) is 0.562. The fourth-order valence-electron chi connectivity index (χ4n) is 2.35. The van der Waals surface area contributed by atoms with E-state index in [-0.39, 0.29) is 5.38 Å². The van der Waals surface area contributed by atoms with Gasteiger partial charge < -0.3 is 14.0 Å². The molecular formula is C16H23ClN2O2. The molecule has 2 aromatic rings. The second-order valence-electron chi connectivity index (χ2n) is 5.03. The summed E-state index contributed by atoms with van der Waals surface area (Å²) in [7, 11) is 1.66. The van der Waals surface area contributed by atoms with Crippen molar-refractivity contribution >= 4 is 22.6 Å². The van der Waals surface area contributed by atoms with Crippen LogP contribution in [0.1, 0.15) is 37.9 Å². The van der Waals surface area contributed by atoms with Crippen molar-refractivity contribution in [1.82, 2.24) is 9.55 Å². The fourth-order valence-corrected chi connectivity index (χ4v) is 2.51. The summed E-state index contributed by atoms with van der Waals surface area (Å²) in [6, 6.07) is 5.93. The van der Waals surface area contributed by atoms with Crippen molar-refractivity contribution in [3.05, 3.63) is 24.0 Å². The predicted molar refractivity (Wildman–Crippen MR) is 86.3 cm³/mol. The van der Waals surface area contributed by atoms with Crippen molar-refractivity contribution in [3.63, 3.8) is 0 Å². The Bertz CT molecular complexity index is 581. The molecule has 0 N–H and O–H groups in total. The Kier molecular flexibility index (Phi) is 5.88. The normalized spacial score (nSPS) is 12.8. The number of unbranched alkanes of at least 4 members (excludes halogenated alkanes) is 1. The molecule has 0 bridgehead atoms. The number of alkyl halides is 1. The monoisotopic (exact) mass is 310 g/mol. The first-order valence-corrected chi connectivity index (χ1v) is 7.87. The van der Waals surface area contributed by atoms with E-state index in [2.05, 4.69) is 16.5 Å². The molecule has 116 valence electrons. The van der Waals surface area contributed by atoms with E-state index in [1.54, 1.807) is 7.11 Å². The van der Waals surface area contributed by atoms with E-state index in [0.717, 1.165) is 48.6 Å². The molecule has 0 aliphatic carbocycles. The summed E-state index contributed by atoms with van der Waals surface area (Å²) in [5.74, 6) is 1.63. The SMILES string of the molecule is CCCCOCCn1c(C(C)Cl)nc2c(OC)cccc21. The predicted octanol–water partition coefficient (Wildman–Crippen LogP) is 4.16. The number of para-hydroxylation sites is 1. The summed E-state index contributed by atoms with van der Waals surface area (Å²) in [5.41, 5.74) is 1.90. The molecule has 0 spiro atoms. The molecule has 21 heavy (non-hydrogen) atoms. The minimum absolute atomic E-state index is 0.155. The molecule has 0 saturated carbocycles. The summed E-state index contributed by atoms with van der Waals surface area (Å²) in [6.45, 7) is 6.31. The van der Waals surface area contributed by atoms with E-state index in [0.29, 0.717) is 6.61 Å². The minimum atomic E-state index is -0.155. The lowest BCUT2D eigenvalue weighted by Crippen LogP contribution is -2.10. The Morgan fingerprint density at radius 3 is 2.81 bits per heavy atom. The number of benzene rings is 1. The largest absolute Gasteiger partial charge is 0.494 e. The van der Waals surface area contributed by atoms with Crippen LogP contribution in [0.3, 0.4) is 0 Å². The zero-order chi connectivity index (χ0) is 15.2. The van der Waals surface area contributed by atoms with Crippen LogP contribution in [-0.2, 0) is 11.3 Å². The zero-order valence-corrected chi connectivity index (χ0v) is 13.7. The van der Waals surface area contributed by atoms with Gasteiger partial charge in [-0.3, -0.25) is 0 Å². The van der Waals surface area contributed by atoms with E-state index in [1.165, 1.54) is 0 Å². The standard InChI is InChI=1S/C16H23ClN2O2/c1-4-5-10-21-11-9-19-13-7-6-8-14(20-3)15(13)18-16(19)12(2)17/h6-8,12H,4-5,9-11H2,1-3H3. The lowest BCUT2D eigenvalue weighted by Gasteiger charge is -2.11. The highest BCUT2D eigenvalue weighted by Gasteiger charge is 2.17. The van der Waals surface area contributed by atoms with Crippen LogP contribution < -0.4 is 4.74 Å². The number of ether oxygens (including phenoxy) is 2. The van der Waals surface area contributed by atoms with Gasteiger partial charge in [-0.1, -0.05) is 19.4 Å². The highest BCUT2D eigenvalue weighted by Crippen LogP contribution is 2.29. The Morgan fingerprint density at radius 2 is 2.14 bits per heavy atom. The molecule has 1 heterocycles. The maximum absolute atomic E-state index is 6.27. The van der Waals surface area contributed by atoms with Crippen LogP contribution in [0.15, 0.2) is 18.2 Å². The van der Waals surface area contributed by atoms with Gasteiger partial charge >= 0.3 is 0 Å². The summed E-state index contributed by atoms with van der Waals surface area (Å²) in [5, 5.41) is -0.155. The molecular weight excluding hydrogens is 288 g/mol. The highest BCUT2D eigenvalue weighted by atomic mass is 35.5. The van der Waals surface area contributed by atoms with Crippen molar-refractivity contribution in [2.75, 3.05) is 20.3 Å². The van der Waals surface area contributed by atoms with Gasteiger partial charge in [0.1, 0.15) is 17.1 Å². The molecule has 5 heteroatoms. The molecule has 0 saturated heterocycles. The van der Waals surface area contributed by atoms with Crippen molar-refractivity contribution < 1.29 is 9.47 Å². The molecule has 1 aromatic carbocycles. The van der Waals surface area contributed by atoms with Gasteiger partial charge in [-0.2, -0.15) is 0 Å². The van der Waals surface area contributed by atoms with Gasteiger partial charge in [0, 0.05) is 13.2 Å². The number of hydrogen-bond acceptors (Lipinski definition) is 3. The average molecular weight is 311 g/mol.